The summed E-state index contributed by atoms with van der Waals surface area (Å²) in [5, 5.41) is 2.74. The fraction of sp³-hybridized carbons (Fsp3) is 0.500. The third kappa shape index (κ3) is 4.29. The quantitative estimate of drug-likeness (QED) is 0.832. The summed E-state index contributed by atoms with van der Waals surface area (Å²) < 4.78 is 10.1. The van der Waals surface area contributed by atoms with E-state index in [1.807, 2.05) is 31.2 Å². The van der Waals surface area contributed by atoms with Crippen LogP contribution >= 0.6 is 0 Å². The van der Waals surface area contributed by atoms with E-state index < -0.39 is 18.1 Å². The number of carbonyl (C=O) groups excluding carboxylic acids is 2. The maximum atomic E-state index is 12.1. The van der Waals surface area contributed by atoms with Crippen molar-refractivity contribution in [1.82, 2.24) is 5.32 Å². The molecule has 0 saturated carbocycles. The van der Waals surface area contributed by atoms with Crippen molar-refractivity contribution in [2.75, 3.05) is 13.7 Å². The number of benzene rings is 1. The highest BCUT2D eigenvalue weighted by atomic mass is 16.5. The molecular formula is C16H21NO4. The van der Waals surface area contributed by atoms with E-state index in [4.69, 9.17) is 9.47 Å². The summed E-state index contributed by atoms with van der Waals surface area (Å²) in [6, 6.07) is 7.16. The lowest BCUT2D eigenvalue weighted by Crippen LogP contribution is -2.47. The van der Waals surface area contributed by atoms with Gasteiger partial charge < -0.3 is 14.8 Å². The Bertz CT molecular complexity index is 509. The summed E-state index contributed by atoms with van der Waals surface area (Å²) in [6.45, 7) is 2.58. The number of aryl methyl sites for hydroxylation is 1. The van der Waals surface area contributed by atoms with Crippen molar-refractivity contribution in [2.24, 2.45) is 0 Å². The maximum Gasteiger partial charge on any atom is 0.328 e. The van der Waals surface area contributed by atoms with Crippen LogP contribution < -0.4 is 5.32 Å². The van der Waals surface area contributed by atoms with Gasteiger partial charge in [0.05, 0.1) is 7.11 Å². The van der Waals surface area contributed by atoms with Gasteiger partial charge in [0.2, 0.25) is 5.91 Å². The van der Waals surface area contributed by atoms with Crippen LogP contribution in [0.3, 0.4) is 0 Å². The van der Waals surface area contributed by atoms with E-state index >= 15 is 0 Å². The van der Waals surface area contributed by atoms with Gasteiger partial charge in [-0.25, -0.2) is 4.79 Å². The first-order valence-corrected chi connectivity index (χ1v) is 7.15. The molecule has 2 rings (SSSR count). The van der Waals surface area contributed by atoms with Gasteiger partial charge in [0.1, 0.15) is 12.1 Å². The molecule has 0 aliphatic carbocycles. The van der Waals surface area contributed by atoms with E-state index in [-0.39, 0.29) is 5.91 Å². The molecule has 1 N–H and O–H groups in total. The van der Waals surface area contributed by atoms with Crippen LogP contribution in [0.5, 0.6) is 0 Å². The van der Waals surface area contributed by atoms with Crippen LogP contribution in [0.1, 0.15) is 24.0 Å². The Balaban J connectivity index is 2.03. The molecule has 1 aliphatic rings. The molecule has 1 saturated heterocycles. The first kappa shape index (κ1) is 15.5. The predicted molar refractivity (Wildman–Crippen MR) is 77.8 cm³/mol. The minimum Gasteiger partial charge on any atom is -0.467 e. The lowest BCUT2D eigenvalue weighted by Gasteiger charge is -2.19. The normalized spacial score (nSPS) is 19.0. The Hall–Kier alpha value is -1.88. The fourth-order valence-electron chi connectivity index (χ4n) is 2.46. The summed E-state index contributed by atoms with van der Waals surface area (Å²) in [7, 11) is 1.32. The Morgan fingerprint density at radius 2 is 2.29 bits per heavy atom. The first-order valence-electron chi connectivity index (χ1n) is 7.15. The lowest BCUT2D eigenvalue weighted by molar-refractivity contribution is -0.146. The SMILES string of the molecule is COC(=O)[C@@H](Cc1cccc(C)c1)NC(=O)[C@H]1CCCO1. The van der Waals surface area contributed by atoms with E-state index in [1.54, 1.807) is 0 Å². The van der Waals surface area contributed by atoms with Crippen molar-refractivity contribution in [3.8, 4) is 0 Å². The van der Waals surface area contributed by atoms with Gasteiger partial charge in [0.15, 0.2) is 0 Å². The number of carbonyl (C=O) groups is 2. The lowest BCUT2D eigenvalue weighted by atomic mass is 10.0. The van der Waals surface area contributed by atoms with Crippen molar-refractivity contribution in [3.05, 3.63) is 35.4 Å². The largest absolute Gasteiger partial charge is 0.467 e. The summed E-state index contributed by atoms with van der Waals surface area (Å²) in [4.78, 5) is 24.0. The van der Waals surface area contributed by atoms with Gasteiger partial charge in [0, 0.05) is 13.0 Å². The molecule has 1 heterocycles. The van der Waals surface area contributed by atoms with Crippen LogP contribution in [-0.2, 0) is 25.5 Å². The number of hydrogen-bond acceptors (Lipinski definition) is 4. The van der Waals surface area contributed by atoms with Crippen LogP contribution in [-0.4, -0.2) is 37.7 Å². The molecule has 0 radical (unpaired) electrons. The number of rotatable bonds is 5. The van der Waals surface area contributed by atoms with Crippen molar-refractivity contribution in [2.45, 2.75) is 38.3 Å². The van der Waals surface area contributed by atoms with E-state index in [0.29, 0.717) is 19.4 Å². The van der Waals surface area contributed by atoms with E-state index in [9.17, 15) is 9.59 Å². The standard InChI is InChI=1S/C16H21NO4/c1-11-5-3-6-12(9-11)10-13(16(19)20-2)17-15(18)14-7-4-8-21-14/h3,5-6,9,13-14H,4,7-8,10H2,1-2H3,(H,17,18)/t13-,14-/m1/s1. The summed E-state index contributed by atoms with van der Waals surface area (Å²) in [5.74, 6) is -0.682. The molecule has 5 nitrogen and oxygen atoms in total. The molecule has 114 valence electrons. The minimum absolute atomic E-state index is 0.240. The van der Waals surface area contributed by atoms with Gasteiger partial charge in [0.25, 0.3) is 0 Å². The van der Waals surface area contributed by atoms with Crippen molar-refractivity contribution >= 4 is 11.9 Å². The Labute approximate surface area is 124 Å². The number of ether oxygens (including phenoxy) is 2. The van der Waals surface area contributed by atoms with Gasteiger partial charge in [-0.3, -0.25) is 4.79 Å². The van der Waals surface area contributed by atoms with Gasteiger partial charge >= 0.3 is 5.97 Å². The molecule has 1 aliphatic heterocycles. The second kappa shape index (κ2) is 7.22. The number of nitrogens with one attached hydrogen (secondary N) is 1. The van der Waals surface area contributed by atoms with Crippen molar-refractivity contribution in [3.63, 3.8) is 0 Å². The average molecular weight is 291 g/mol. The molecule has 1 aromatic rings. The molecule has 0 bridgehead atoms. The van der Waals surface area contributed by atoms with E-state index in [2.05, 4.69) is 5.32 Å². The van der Waals surface area contributed by atoms with Gasteiger partial charge in [-0.15, -0.1) is 0 Å². The molecule has 5 heteroatoms. The average Bonchev–Trinajstić information content (AvgIpc) is 3.00. The van der Waals surface area contributed by atoms with E-state index in [0.717, 1.165) is 17.5 Å². The smallest absolute Gasteiger partial charge is 0.328 e. The number of hydrogen-bond donors (Lipinski definition) is 1. The molecule has 0 spiro atoms. The molecule has 1 amide bonds. The second-order valence-electron chi connectivity index (χ2n) is 5.28. The minimum atomic E-state index is -0.687. The van der Waals surface area contributed by atoms with Crippen LogP contribution in [0.25, 0.3) is 0 Å². The van der Waals surface area contributed by atoms with Crippen molar-refractivity contribution < 1.29 is 19.1 Å². The second-order valence-corrected chi connectivity index (χ2v) is 5.28. The number of amides is 1. The third-order valence-corrected chi connectivity index (χ3v) is 3.55. The summed E-state index contributed by atoms with van der Waals surface area (Å²) >= 11 is 0. The Morgan fingerprint density at radius 1 is 1.48 bits per heavy atom. The number of esters is 1. The highest BCUT2D eigenvalue weighted by Gasteiger charge is 2.28. The molecule has 1 aromatic carbocycles. The molecule has 21 heavy (non-hydrogen) atoms. The summed E-state index contributed by atoms with van der Waals surface area (Å²) in [6.07, 6.45) is 1.53. The fourth-order valence-corrected chi connectivity index (χ4v) is 2.46. The summed E-state index contributed by atoms with van der Waals surface area (Å²) in [5.41, 5.74) is 2.10. The highest BCUT2D eigenvalue weighted by molar-refractivity contribution is 5.87. The molecule has 0 unspecified atom stereocenters. The Kier molecular flexibility index (Phi) is 5.33. The van der Waals surface area contributed by atoms with Crippen LogP contribution in [0, 0.1) is 6.92 Å². The monoisotopic (exact) mass is 291 g/mol. The van der Waals surface area contributed by atoms with Crippen LogP contribution in [0.15, 0.2) is 24.3 Å². The van der Waals surface area contributed by atoms with Gasteiger partial charge in [-0.05, 0) is 25.3 Å². The zero-order valence-corrected chi connectivity index (χ0v) is 12.4. The first-order chi connectivity index (χ1) is 10.1. The van der Waals surface area contributed by atoms with Gasteiger partial charge in [-0.1, -0.05) is 29.8 Å². The number of methoxy groups -OCH3 is 1. The van der Waals surface area contributed by atoms with Crippen molar-refractivity contribution in [1.29, 1.82) is 0 Å². The van der Waals surface area contributed by atoms with Crippen LogP contribution in [0.2, 0.25) is 0 Å². The molecule has 0 aromatic heterocycles. The highest BCUT2D eigenvalue weighted by Crippen LogP contribution is 2.13. The molecule has 2 atom stereocenters. The third-order valence-electron chi connectivity index (χ3n) is 3.55. The maximum absolute atomic E-state index is 12.1. The molecular weight excluding hydrogens is 270 g/mol. The van der Waals surface area contributed by atoms with E-state index in [1.165, 1.54) is 7.11 Å². The zero-order valence-electron chi connectivity index (χ0n) is 12.4. The molecule has 1 fully saturated rings. The van der Waals surface area contributed by atoms with Gasteiger partial charge in [-0.2, -0.15) is 0 Å². The zero-order chi connectivity index (χ0) is 15.2. The Morgan fingerprint density at radius 3 is 2.90 bits per heavy atom. The van der Waals surface area contributed by atoms with Crippen LogP contribution in [0.4, 0.5) is 0 Å². The topological polar surface area (TPSA) is 64.6 Å². The predicted octanol–water partition coefficient (Wildman–Crippen LogP) is 1.37.